The lowest BCUT2D eigenvalue weighted by Gasteiger charge is -2.11. The Labute approximate surface area is 105 Å². The van der Waals surface area contributed by atoms with E-state index in [1.807, 2.05) is 6.92 Å². The molecule has 0 saturated heterocycles. The molecule has 3 heteroatoms. The number of rotatable bonds is 4. The number of hydrogen-bond donors (Lipinski definition) is 1. The summed E-state index contributed by atoms with van der Waals surface area (Å²) in [6.07, 6.45) is 2.00. The third-order valence-corrected chi connectivity index (χ3v) is 2.95. The summed E-state index contributed by atoms with van der Waals surface area (Å²) in [6.45, 7) is 3.59. The third kappa shape index (κ3) is 5.16. The summed E-state index contributed by atoms with van der Waals surface area (Å²) in [5.41, 5.74) is 1.33. The van der Waals surface area contributed by atoms with Crippen LogP contribution in [0.2, 0.25) is 0 Å². The Kier molecular flexibility index (Phi) is 5.08. The van der Waals surface area contributed by atoms with Gasteiger partial charge in [-0.2, -0.15) is 0 Å². The smallest absolute Gasteiger partial charge is 0.217 e. The van der Waals surface area contributed by atoms with E-state index in [2.05, 4.69) is 52.2 Å². The summed E-state index contributed by atoms with van der Waals surface area (Å²) in [5.74, 6) is 0.0464. The van der Waals surface area contributed by atoms with Crippen LogP contribution >= 0.6 is 22.6 Å². The van der Waals surface area contributed by atoms with Crippen LogP contribution in [0.1, 0.15) is 25.8 Å². The molecule has 0 aliphatic rings. The molecule has 0 saturated carbocycles. The lowest BCUT2D eigenvalue weighted by Crippen LogP contribution is -2.30. The number of halogens is 1. The zero-order valence-corrected chi connectivity index (χ0v) is 11.2. The molecule has 1 atom stereocenters. The van der Waals surface area contributed by atoms with Crippen LogP contribution in [0.4, 0.5) is 0 Å². The van der Waals surface area contributed by atoms with Crippen molar-refractivity contribution in [2.75, 3.05) is 0 Å². The molecular formula is C12H16INO. The van der Waals surface area contributed by atoms with E-state index < -0.39 is 0 Å². The molecule has 0 spiro atoms. The lowest BCUT2D eigenvalue weighted by molar-refractivity contribution is -0.119. The molecule has 2 nitrogen and oxygen atoms in total. The van der Waals surface area contributed by atoms with Gasteiger partial charge in [0.2, 0.25) is 5.91 Å². The molecule has 1 N–H and O–H groups in total. The van der Waals surface area contributed by atoms with Crippen LogP contribution in [0, 0.1) is 3.57 Å². The molecule has 0 aromatic heterocycles. The maximum Gasteiger partial charge on any atom is 0.217 e. The van der Waals surface area contributed by atoms with Gasteiger partial charge in [0, 0.05) is 16.5 Å². The summed E-state index contributed by atoms with van der Waals surface area (Å²) in [4.78, 5) is 10.8. The molecule has 1 aromatic rings. The van der Waals surface area contributed by atoms with Gasteiger partial charge >= 0.3 is 0 Å². The standard InChI is InChI=1S/C12H16INO/c1-9(14-10(2)15)3-4-11-5-7-12(13)8-6-11/h5-9H,3-4H2,1-2H3,(H,14,15)/t9-/m1/s1. The van der Waals surface area contributed by atoms with Crippen molar-refractivity contribution in [3.63, 3.8) is 0 Å². The van der Waals surface area contributed by atoms with Crippen molar-refractivity contribution in [1.29, 1.82) is 0 Å². The molecule has 1 amide bonds. The molecule has 0 bridgehead atoms. The second-order valence-electron chi connectivity index (χ2n) is 3.77. The van der Waals surface area contributed by atoms with E-state index in [9.17, 15) is 4.79 Å². The summed E-state index contributed by atoms with van der Waals surface area (Å²) < 4.78 is 1.26. The van der Waals surface area contributed by atoms with Crippen molar-refractivity contribution in [2.45, 2.75) is 32.7 Å². The van der Waals surface area contributed by atoms with E-state index in [1.165, 1.54) is 9.13 Å². The van der Waals surface area contributed by atoms with Gasteiger partial charge < -0.3 is 5.32 Å². The second kappa shape index (κ2) is 6.10. The first-order valence-corrected chi connectivity index (χ1v) is 6.17. The molecule has 82 valence electrons. The first-order valence-electron chi connectivity index (χ1n) is 5.09. The van der Waals surface area contributed by atoms with Crippen molar-refractivity contribution in [3.8, 4) is 0 Å². The summed E-state index contributed by atoms with van der Waals surface area (Å²) in [7, 11) is 0. The van der Waals surface area contributed by atoms with Crippen LogP contribution in [-0.4, -0.2) is 11.9 Å². The SMILES string of the molecule is CC(=O)N[C@H](C)CCc1ccc(I)cc1. The zero-order valence-electron chi connectivity index (χ0n) is 9.09. The fraction of sp³-hybridized carbons (Fsp3) is 0.417. The van der Waals surface area contributed by atoms with Crippen LogP contribution in [0.3, 0.4) is 0 Å². The number of nitrogens with one attached hydrogen (secondary N) is 1. The largest absolute Gasteiger partial charge is 0.354 e. The Hall–Kier alpha value is -0.580. The predicted octanol–water partition coefficient (Wildman–Crippen LogP) is 2.75. The van der Waals surface area contributed by atoms with Crippen LogP contribution in [0.15, 0.2) is 24.3 Å². The Morgan fingerprint density at radius 2 is 2.00 bits per heavy atom. The second-order valence-corrected chi connectivity index (χ2v) is 5.01. The fourth-order valence-electron chi connectivity index (χ4n) is 1.45. The maximum atomic E-state index is 10.8. The van der Waals surface area contributed by atoms with E-state index in [0.717, 1.165) is 12.8 Å². The minimum atomic E-state index is 0.0464. The first kappa shape index (κ1) is 12.5. The van der Waals surface area contributed by atoms with Crippen LogP contribution in [-0.2, 0) is 11.2 Å². The van der Waals surface area contributed by atoms with E-state index in [4.69, 9.17) is 0 Å². The summed E-state index contributed by atoms with van der Waals surface area (Å²) in [6, 6.07) is 8.75. The minimum Gasteiger partial charge on any atom is -0.354 e. The topological polar surface area (TPSA) is 29.1 Å². The highest BCUT2D eigenvalue weighted by atomic mass is 127. The molecular weight excluding hydrogens is 301 g/mol. The van der Waals surface area contributed by atoms with Gasteiger partial charge in [-0.15, -0.1) is 0 Å². The number of amides is 1. The van der Waals surface area contributed by atoms with Crippen molar-refractivity contribution in [3.05, 3.63) is 33.4 Å². The van der Waals surface area contributed by atoms with Crippen molar-refractivity contribution < 1.29 is 4.79 Å². The summed E-state index contributed by atoms with van der Waals surface area (Å²) in [5, 5.41) is 2.88. The maximum absolute atomic E-state index is 10.8. The Balaban J connectivity index is 2.36. The molecule has 0 aliphatic heterocycles. The first-order chi connectivity index (χ1) is 7.08. The highest BCUT2D eigenvalue weighted by Crippen LogP contribution is 2.09. The van der Waals surface area contributed by atoms with Gasteiger partial charge in [0.05, 0.1) is 0 Å². The van der Waals surface area contributed by atoms with Gasteiger partial charge in [-0.1, -0.05) is 12.1 Å². The van der Waals surface area contributed by atoms with Crippen molar-refractivity contribution in [2.24, 2.45) is 0 Å². The van der Waals surface area contributed by atoms with Gasteiger partial charge in [0.25, 0.3) is 0 Å². The van der Waals surface area contributed by atoms with Crippen LogP contribution in [0.25, 0.3) is 0 Å². The number of benzene rings is 1. The lowest BCUT2D eigenvalue weighted by atomic mass is 10.1. The quantitative estimate of drug-likeness (QED) is 0.850. The van der Waals surface area contributed by atoms with E-state index in [0.29, 0.717) is 0 Å². The number of carbonyl (C=O) groups excluding carboxylic acids is 1. The molecule has 0 fully saturated rings. The Morgan fingerprint density at radius 3 is 2.53 bits per heavy atom. The van der Waals surface area contributed by atoms with Crippen molar-refractivity contribution in [1.82, 2.24) is 5.32 Å². The normalized spacial score (nSPS) is 12.2. The number of aryl methyl sites for hydroxylation is 1. The minimum absolute atomic E-state index is 0.0464. The van der Waals surface area contributed by atoms with E-state index in [1.54, 1.807) is 6.92 Å². The highest BCUT2D eigenvalue weighted by molar-refractivity contribution is 14.1. The fourth-order valence-corrected chi connectivity index (χ4v) is 1.81. The third-order valence-electron chi connectivity index (χ3n) is 2.23. The molecule has 1 rings (SSSR count). The Morgan fingerprint density at radius 1 is 1.40 bits per heavy atom. The van der Waals surface area contributed by atoms with Crippen LogP contribution in [0.5, 0.6) is 0 Å². The highest BCUT2D eigenvalue weighted by Gasteiger charge is 2.03. The molecule has 0 heterocycles. The van der Waals surface area contributed by atoms with Crippen molar-refractivity contribution >= 4 is 28.5 Å². The van der Waals surface area contributed by atoms with Gasteiger partial charge in [0.1, 0.15) is 0 Å². The molecule has 0 unspecified atom stereocenters. The summed E-state index contributed by atoms with van der Waals surface area (Å²) >= 11 is 2.30. The molecule has 15 heavy (non-hydrogen) atoms. The average Bonchev–Trinajstić information content (AvgIpc) is 2.16. The Bertz CT molecular complexity index is 321. The van der Waals surface area contributed by atoms with E-state index in [-0.39, 0.29) is 11.9 Å². The average molecular weight is 317 g/mol. The zero-order chi connectivity index (χ0) is 11.3. The number of carbonyl (C=O) groups is 1. The van der Waals surface area contributed by atoms with Crippen LogP contribution < -0.4 is 5.32 Å². The molecule has 0 aliphatic carbocycles. The molecule has 1 aromatic carbocycles. The van der Waals surface area contributed by atoms with Gasteiger partial charge in [-0.25, -0.2) is 0 Å². The van der Waals surface area contributed by atoms with Gasteiger partial charge in [-0.3, -0.25) is 4.79 Å². The van der Waals surface area contributed by atoms with E-state index >= 15 is 0 Å². The van der Waals surface area contributed by atoms with Gasteiger partial charge in [-0.05, 0) is 60.1 Å². The molecule has 0 radical (unpaired) electrons. The number of hydrogen-bond acceptors (Lipinski definition) is 1. The monoisotopic (exact) mass is 317 g/mol. The predicted molar refractivity (Wildman–Crippen MR) is 70.8 cm³/mol. The van der Waals surface area contributed by atoms with Gasteiger partial charge in [0.15, 0.2) is 0 Å².